The maximum atomic E-state index is 11.8. The molecule has 2 heterocycles. The van der Waals surface area contributed by atoms with Crippen LogP contribution >= 0.6 is 0 Å². The fourth-order valence-electron chi connectivity index (χ4n) is 1.92. The van der Waals surface area contributed by atoms with Crippen molar-refractivity contribution in [1.29, 1.82) is 0 Å². The zero-order valence-corrected chi connectivity index (χ0v) is 10.1. The minimum atomic E-state index is -0.0557. The molecule has 0 saturated carbocycles. The molecule has 2 rings (SSSR count). The number of fused-ring (bicyclic) bond motifs is 1. The number of unbranched alkanes of at least 4 members (excludes halogenated alkanes) is 1. The Labute approximate surface area is 105 Å². The van der Waals surface area contributed by atoms with E-state index in [1.807, 2.05) is 6.07 Å². The van der Waals surface area contributed by atoms with E-state index >= 15 is 0 Å². The molecular formula is C13H16N2O3. The zero-order valence-electron chi connectivity index (χ0n) is 10.1. The molecule has 1 amide bonds. The Morgan fingerprint density at radius 1 is 1.33 bits per heavy atom. The van der Waals surface area contributed by atoms with Crippen LogP contribution in [0.2, 0.25) is 0 Å². The number of nitrogens with one attached hydrogen (secondary N) is 1. The van der Waals surface area contributed by atoms with Crippen molar-refractivity contribution in [2.75, 3.05) is 11.9 Å². The van der Waals surface area contributed by atoms with Gasteiger partial charge in [-0.3, -0.25) is 9.59 Å². The minimum absolute atomic E-state index is 0.0499. The number of aliphatic hydroxyl groups excluding tert-OH is 1. The van der Waals surface area contributed by atoms with Crippen molar-refractivity contribution in [1.82, 2.24) is 4.98 Å². The second-order valence-electron chi connectivity index (χ2n) is 4.36. The number of hydrogen-bond donors (Lipinski definition) is 2. The smallest absolute Gasteiger partial charge is 0.225 e. The normalized spacial score (nSPS) is 13.9. The topological polar surface area (TPSA) is 79.3 Å². The number of hydrogen-bond acceptors (Lipinski definition) is 4. The zero-order chi connectivity index (χ0) is 13.0. The van der Waals surface area contributed by atoms with Crippen LogP contribution in [0.3, 0.4) is 0 Å². The monoisotopic (exact) mass is 248 g/mol. The molecule has 1 aromatic heterocycles. The Morgan fingerprint density at radius 3 is 2.94 bits per heavy atom. The molecule has 0 spiro atoms. The standard InChI is InChI=1S/C13H16N2O3/c16-8-2-1-3-11(17)10-6-4-9-5-7-12(18)15-13(9)14-10/h4,6,16H,1-3,5,7-8H2,(H,14,15,18). The molecule has 0 fully saturated rings. The van der Waals surface area contributed by atoms with E-state index in [2.05, 4.69) is 10.3 Å². The number of anilines is 1. The maximum Gasteiger partial charge on any atom is 0.225 e. The number of aromatic nitrogens is 1. The molecule has 0 radical (unpaired) electrons. The Hall–Kier alpha value is -1.75. The highest BCUT2D eigenvalue weighted by atomic mass is 16.3. The summed E-state index contributed by atoms with van der Waals surface area (Å²) in [6.45, 7) is 0.0982. The second-order valence-corrected chi connectivity index (χ2v) is 4.36. The summed E-state index contributed by atoms with van der Waals surface area (Å²) in [6, 6.07) is 3.55. The van der Waals surface area contributed by atoms with Crippen molar-refractivity contribution in [3.63, 3.8) is 0 Å². The number of aryl methyl sites for hydroxylation is 1. The second kappa shape index (κ2) is 5.73. The lowest BCUT2D eigenvalue weighted by Gasteiger charge is -2.15. The molecule has 0 saturated heterocycles. The van der Waals surface area contributed by atoms with E-state index < -0.39 is 0 Å². The molecule has 0 aromatic carbocycles. The Morgan fingerprint density at radius 2 is 2.17 bits per heavy atom. The third kappa shape index (κ3) is 2.92. The first-order valence-corrected chi connectivity index (χ1v) is 6.14. The number of pyridine rings is 1. The Kier molecular flexibility index (Phi) is 4.04. The first-order chi connectivity index (χ1) is 8.70. The number of ketones is 1. The molecule has 0 unspecified atom stereocenters. The van der Waals surface area contributed by atoms with Crippen LogP contribution in [0.15, 0.2) is 12.1 Å². The molecule has 5 heteroatoms. The lowest BCUT2D eigenvalue weighted by atomic mass is 10.0. The van der Waals surface area contributed by atoms with Gasteiger partial charge in [-0.15, -0.1) is 0 Å². The summed E-state index contributed by atoms with van der Waals surface area (Å²) in [7, 11) is 0. The van der Waals surface area contributed by atoms with E-state index in [0.717, 1.165) is 5.56 Å². The van der Waals surface area contributed by atoms with Crippen LogP contribution < -0.4 is 5.32 Å². The van der Waals surface area contributed by atoms with Crippen LogP contribution in [0.25, 0.3) is 0 Å². The SMILES string of the molecule is O=C1CCc2ccc(C(=O)CCCCO)nc2N1. The van der Waals surface area contributed by atoms with Crippen molar-refractivity contribution in [2.45, 2.75) is 32.1 Å². The molecule has 18 heavy (non-hydrogen) atoms. The van der Waals surface area contributed by atoms with Gasteiger partial charge in [0.25, 0.3) is 0 Å². The predicted molar refractivity (Wildman–Crippen MR) is 66.5 cm³/mol. The van der Waals surface area contributed by atoms with E-state index in [9.17, 15) is 9.59 Å². The first-order valence-electron chi connectivity index (χ1n) is 6.14. The molecule has 0 bridgehead atoms. The summed E-state index contributed by atoms with van der Waals surface area (Å²) in [5.41, 5.74) is 1.36. The quantitative estimate of drug-likeness (QED) is 0.608. The molecular weight excluding hydrogens is 232 g/mol. The van der Waals surface area contributed by atoms with Crippen LogP contribution in [0.4, 0.5) is 5.82 Å². The number of nitrogens with zero attached hydrogens (tertiary/aromatic N) is 1. The molecule has 1 aliphatic rings. The van der Waals surface area contributed by atoms with Gasteiger partial charge in [0.05, 0.1) is 0 Å². The van der Waals surface area contributed by atoms with Gasteiger partial charge in [0, 0.05) is 19.4 Å². The van der Waals surface area contributed by atoms with E-state index in [4.69, 9.17) is 5.11 Å². The number of Topliss-reactive ketones (excluding diaryl/α,β-unsaturated/α-hetero) is 1. The molecule has 1 aromatic rings. The van der Waals surface area contributed by atoms with E-state index in [0.29, 0.717) is 43.6 Å². The molecule has 5 nitrogen and oxygen atoms in total. The minimum Gasteiger partial charge on any atom is -0.396 e. The number of amides is 1. The summed E-state index contributed by atoms with van der Waals surface area (Å²) in [4.78, 5) is 27.3. The molecule has 0 aliphatic carbocycles. The molecule has 1 aliphatic heterocycles. The Bertz CT molecular complexity index is 471. The van der Waals surface area contributed by atoms with Crippen LogP contribution in [0.5, 0.6) is 0 Å². The highest BCUT2D eigenvalue weighted by Gasteiger charge is 2.17. The van der Waals surface area contributed by atoms with E-state index in [-0.39, 0.29) is 18.3 Å². The van der Waals surface area contributed by atoms with Crippen molar-refractivity contribution >= 4 is 17.5 Å². The number of carbonyl (C=O) groups is 2. The Balaban J connectivity index is 2.08. The van der Waals surface area contributed by atoms with Crippen LogP contribution in [-0.2, 0) is 11.2 Å². The number of carbonyl (C=O) groups excluding carboxylic acids is 2. The average molecular weight is 248 g/mol. The lowest BCUT2D eigenvalue weighted by molar-refractivity contribution is -0.116. The van der Waals surface area contributed by atoms with E-state index in [1.165, 1.54) is 0 Å². The van der Waals surface area contributed by atoms with Gasteiger partial charge in [-0.2, -0.15) is 0 Å². The largest absolute Gasteiger partial charge is 0.396 e. The predicted octanol–water partition coefficient (Wildman–Crippen LogP) is 1.31. The summed E-state index contributed by atoms with van der Waals surface area (Å²) in [5, 5.41) is 11.3. The van der Waals surface area contributed by atoms with Crippen molar-refractivity contribution < 1.29 is 14.7 Å². The van der Waals surface area contributed by atoms with Crippen LogP contribution in [0.1, 0.15) is 41.7 Å². The first kappa shape index (κ1) is 12.7. The van der Waals surface area contributed by atoms with Gasteiger partial charge in [-0.25, -0.2) is 4.98 Å². The summed E-state index contributed by atoms with van der Waals surface area (Å²) in [5.74, 6) is 0.408. The highest BCUT2D eigenvalue weighted by Crippen LogP contribution is 2.21. The maximum absolute atomic E-state index is 11.8. The van der Waals surface area contributed by atoms with Crippen molar-refractivity contribution in [3.8, 4) is 0 Å². The summed E-state index contributed by atoms with van der Waals surface area (Å²) in [6.07, 6.45) is 2.79. The van der Waals surface area contributed by atoms with Crippen LogP contribution in [0, 0.1) is 0 Å². The van der Waals surface area contributed by atoms with E-state index in [1.54, 1.807) is 6.07 Å². The van der Waals surface area contributed by atoms with Gasteiger partial charge >= 0.3 is 0 Å². The molecule has 0 atom stereocenters. The van der Waals surface area contributed by atoms with Gasteiger partial charge in [0.1, 0.15) is 11.5 Å². The van der Waals surface area contributed by atoms with Crippen LogP contribution in [-0.4, -0.2) is 28.4 Å². The van der Waals surface area contributed by atoms with Gasteiger partial charge in [0.15, 0.2) is 5.78 Å². The molecule has 96 valence electrons. The van der Waals surface area contributed by atoms with Crippen molar-refractivity contribution in [3.05, 3.63) is 23.4 Å². The highest BCUT2D eigenvalue weighted by molar-refractivity contribution is 5.97. The summed E-state index contributed by atoms with van der Waals surface area (Å²) < 4.78 is 0. The van der Waals surface area contributed by atoms with Crippen molar-refractivity contribution in [2.24, 2.45) is 0 Å². The molecule has 2 N–H and O–H groups in total. The van der Waals surface area contributed by atoms with Gasteiger partial charge < -0.3 is 10.4 Å². The fourth-order valence-corrected chi connectivity index (χ4v) is 1.92. The van der Waals surface area contributed by atoms with Gasteiger partial charge in [0.2, 0.25) is 5.91 Å². The van der Waals surface area contributed by atoms with Gasteiger partial charge in [-0.05, 0) is 30.9 Å². The van der Waals surface area contributed by atoms with Gasteiger partial charge in [-0.1, -0.05) is 6.07 Å². The lowest BCUT2D eigenvalue weighted by Crippen LogP contribution is -2.21. The summed E-state index contributed by atoms with van der Waals surface area (Å²) >= 11 is 0. The number of rotatable bonds is 5. The third-order valence-corrected chi connectivity index (χ3v) is 2.96. The fraction of sp³-hybridized carbons (Fsp3) is 0.462. The average Bonchev–Trinajstić information content (AvgIpc) is 2.38. The third-order valence-electron chi connectivity index (χ3n) is 2.96. The number of aliphatic hydroxyl groups is 1.